The van der Waals surface area contributed by atoms with Gasteiger partial charge in [-0.25, -0.2) is 4.79 Å². The van der Waals surface area contributed by atoms with Gasteiger partial charge in [-0.15, -0.1) is 0 Å². The number of nitrogens with zero attached hydrogens (tertiary/aromatic N) is 1. The number of halogens is 1. The second kappa shape index (κ2) is 7.90. The summed E-state index contributed by atoms with van der Waals surface area (Å²) in [5.74, 6) is -1.36. The minimum Gasteiger partial charge on any atom is -0.465 e. The predicted octanol–water partition coefficient (Wildman–Crippen LogP) is 2.31. The summed E-state index contributed by atoms with van der Waals surface area (Å²) in [5.41, 5.74) is 2.39. The first-order valence-corrected chi connectivity index (χ1v) is 8.64. The monoisotopic (exact) mass is 387 g/mol. The van der Waals surface area contributed by atoms with Gasteiger partial charge < -0.3 is 14.4 Å². The van der Waals surface area contributed by atoms with Crippen LogP contribution in [0.1, 0.15) is 5.56 Å². The van der Waals surface area contributed by atoms with E-state index < -0.39 is 23.2 Å². The normalized spacial score (nSPS) is 23.0. The highest BCUT2D eigenvalue weighted by Gasteiger charge is 2.48. The summed E-state index contributed by atoms with van der Waals surface area (Å²) in [6, 6.07) is 9.51. The highest BCUT2D eigenvalue weighted by molar-refractivity contribution is 6.64. The van der Waals surface area contributed by atoms with Crippen molar-refractivity contribution in [3.05, 3.63) is 64.9 Å². The molecule has 0 saturated carbocycles. The number of likely N-dealkylation sites (tertiary alicyclic amines) is 1. The number of rotatable bonds is 5. The van der Waals surface area contributed by atoms with Crippen LogP contribution in [-0.2, 0) is 23.9 Å². The van der Waals surface area contributed by atoms with Crippen molar-refractivity contribution in [2.45, 2.75) is 6.10 Å². The summed E-state index contributed by atoms with van der Waals surface area (Å²) in [5, 5.41) is -0.678. The van der Waals surface area contributed by atoms with Crippen molar-refractivity contribution >= 4 is 34.8 Å². The lowest BCUT2D eigenvalue weighted by molar-refractivity contribution is -0.137. The summed E-state index contributed by atoms with van der Waals surface area (Å²) in [6.45, 7) is -0.296. The van der Waals surface area contributed by atoms with Crippen LogP contribution in [0.15, 0.2) is 59.3 Å². The highest BCUT2D eigenvalue weighted by Crippen LogP contribution is 2.41. The maximum absolute atomic E-state index is 12.8. The van der Waals surface area contributed by atoms with E-state index in [4.69, 9.17) is 21.1 Å². The molecule has 0 spiro atoms. The Hall–Kier alpha value is -2.70. The molecule has 27 heavy (non-hydrogen) atoms. The van der Waals surface area contributed by atoms with Crippen LogP contribution in [0.2, 0.25) is 0 Å². The lowest BCUT2D eigenvalue weighted by atomic mass is 9.85. The number of hydrogen-bond donors (Lipinski definition) is 0. The second-order valence-corrected chi connectivity index (χ2v) is 6.55. The summed E-state index contributed by atoms with van der Waals surface area (Å²) in [7, 11) is 2.72. The van der Waals surface area contributed by atoms with Gasteiger partial charge in [-0.1, -0.05) is 36.4 Å². The van der Waals surface area contributed by atoms with E-state index in [2.05, 4.69) is 0 Å². The third-order valence-electron chi connectivity index (χ3n) is 4.52. The predicted molar refractivity (Wildman–Crippen MR) is 99.5 cm³/mol. The van der Waals surface area contributed by atoms with E-state index in [0.717, 1.165) is 5.56 Å². The standard InChI is InChI=1S/C20H18ClNO5/c1-26-18-17-13(8-12-6-4-3-5-7-12)9-14(20(25)27-2)10-15(17)22(19(18)24)11-16(21)23/h3-10,17-18H,11H2,1-2H3. The Balaban J connectivity index is 2.14. The maximum Gasteiger partial charge on any atom is 0.337 e. The van der Waals surface area contributed by atoms with Crippen molar-refractivity contribution in [3.8, 4) is 0 Å². The number of benzene rings is 1. The van der Waals surface area contributed by atoms with E-state index in [-0.39, 0.29) is 18.0 Å². The second-order valence-electron chi connectivity index (χ2n) is 6.13. The maximum atomic E-state index is 12.8. The fourth-order valence-electron chi connectivity index (χ4n) is 3.37. The van der Waals surface area contributed by atoms with Crippen molar-refractivity contribution in [2.24, 2.45) is 5.92 Å². The number of amides is 1. The van der Waals surface area contributed by atoms with Crippen LogP contribution in [0.5, 0.6) is 0 Å². The average molecular weight is 388 g/mol. The zero-order valence-corrected chi connectivity index (χ0v) is 15.6. The van der Waals surface area contributed by atoms with Crippen molar-refractivity contribution < 1.29 is 23.9 Å². The van der Waals surface area contributed by atoms with Crippen LogP contribution >= 0.6 is 11.6 Å². The molecule has 1 amide bonds. The van der Waals surface area contributed by atoms with Gasteiger partial charge in [0.2, 0.25) is 5.24 Å². The third-order valence-corrected chi connectivity index (χ3v) is 4.64. The molecule has 1 fully saturated rings. The number of ether oxygens (including phenoxy) is 2. The number of esters is 1. The smallest absolute Gasteiger partial charge is 0.337 e. The van der Waals surface area contributed by atoms with Crippen molar-refractivity contribution in [1.82, 2.24) is 4.90 Å². The zero-order chi connectivity index (χ0) is 19.6. The van der Waals surface area contributed by atoms with Gasteiger partial charge in [-0.05, 0) is 34.9 Å². The quantitative estimate of drug-likeness (QED) is 0.572. The molecule has 0 aromatic heterocycles. The Labute approximate surface area is 161 Å². The van der Waals surface area contributed by atoms with Gasteiger partial charge in [-0.3, -0.25) is 9.59 Å². The van der Waals surface area contributed by atoms with E-state index in [1.807, 2.05) is 36.4 Å². The summed E-state index contributed by atoms with van der Waals surface area (Å²) >= 11 is 5.52. The van der Waals surface area contributed by atoms with Gasteiger partial charge in [0, 0.05) is 12.8 Å². The number of fused-ring (bicyclic) bond motifs is 1. The van der Waals surface area contributed by atoms with E-state index in [0.29, 0.717) is 11.3 Å². The molecule has 0 radical (unpaired) electrons. The minimum atomic E-state index is -0.808. The number of allylic oxidation sites excluding steroid dienone is 1. The molecule has 1 aromatic rings. The SMILES string of the molecule is COC(=O)C1=CC(=Cc2ccccc2)C2C(=C1)N(CC(=O)Cl)C(=O)C2OC. The highest BCUT2D eigenvalue weighted by atomic mass is 35.5. The van der Waals surface area contributed by atoms with E-state index in [9.17, 15) is 14.4 Å². The number of carbonyl (C=O) groups is 3. The fourth-order valence-corrected chi connectivity index (χ4v) is 3.49. The van der Waals surface area contributed by atoms with Gasteiger partial charge in [-0.2, -0.15) is 0 Å². The fraction of sp³-hybridized carbons (Fsp3) is 0.250. The van der Waals surface area contributed by atoms with Crippen molar-refractivity contribution in [3.63, 3.8) is 0 Å². The number of carbonyl (C=O) groups excluding carboxylic acids is 3. The van der Waals surface area contributed by atoms with E-state index in [1.165, 1.54) is 19.1 Å². The molecule has 2 aliphatic rings. The Bertz CT molecular complexity index is 872. The molecule has 0 N–H and O–H groups in total. The lowest BCUT2D eigenvalue weighted by Gasteiger charge is -2.24. The molecule has 1 aromatic carbocycles. The average Bonchev–Trinajstić information content (AvgIpc) is 2.93. The molecule has 2 unspecified atom stereocenters. The van der Waals surface area contributed by atoms with Gasteiger partial charge in [0.1, 0.15) is 6.10 Å². The Morgan fingerprint density at radius 2 is 1.89 bits per heavy atom. The first kappa shape index (κ1) is 19.1. The van der Waals surface area contributed by atoms with Gasteiger partial charge >= 0.3 is 5.97 Å². The largest absolute Gasteiger partial charge is 0.465 e. The molecule has 1 aliphatic carbocycles. The zero-order valence-electron chi connectivity index (χ0n) is 14.8. The summed E-state index contributed by atoms with van der Waals surface area (Å²) < 4.78 is 10.2. The first-order valence-electron chi connectivity index (χ1n) is 8.27. The summed E-state index contributed by atoms with van der Waals surface area (Å²) in [6.07, 6.45) is 4.30. The molecule has 2 atom stereocenters. The van der Waals surface area contributed by atoms with Crippen LogP contribution in [0.25, 0.3) is 6.08 Å². The topological polar surface area (TPSA) is 72.9 Å². The molecule has 3 rings (SSSR count). The molecular weight excluding hydrogens is 370 g/mol. The molecular formula is C20H18ClNO5. The van der Waals surface area contributed by atoms with Crippen LogP contribution in [0.3, 0.4) is 0 Å². The molecule has 1 heterocycles. The third kappa shape index (κ3) is 3.72. The van der Waals surface area contributed by atoms with Crippen molar-refractivity contribution in [1.29, 1.82) is 0 Å². The van der Waals surface area contributed by atoms with Crippen LogP contribution in [0, 0.1) is 5.92 Å². The molecule has 7 heteroatoms. The van der Waals surface area contributed by atoms with E-state index >= 15 is 0 Å². The van der Waals surface area contributed by atoms with Crippen LogP contribution in [-0.4, -0.2) is 48.9 Å². The Morgan fingerprint density at radius 1 is 1.19 bits per heavy atom. The van der Waals surface area contributed by atoms with Gasteiger partial charge in [0.25, 0.3) is 5.91 Å². The minimum absolute atomic E-state index is 0.280. The molecule has 1 saturated heterocycles. The van der Waals surface area contributed by atoms with Crippen LogP contribution in [0.4, 0.5) is 0 Å². The molecule has 140 valence electrons. The van der Waals surface area contributed by atoms with Gasteiger partial charge in [0.05, 0.1) is 25.1 Å². The Kier molecular flexibility index (Phi) is 5.58. The molecule has 0 bridgehead atoms. The summed E-state index contributed by atoms with van der Waals surface area (Å²) in [4.78, 5) is 37.6. The van der Waals surface area contributed by atoms with Gasteiger partial charge in [0.15, 0.2) is 0 Å². The Morgan fingerprint density at radius 3 is 2.48 bits per heavy atom. The lowest BCUT2D eigenvalue weighted by Crippen LogP contribution is -2.33. The van der Waals surface area contributed by atoms with Crippen molar-refractivity contribution in [2.75, 3.05) is 20.8 Å². The number of hydrogen-bond acceptors (Lipinski definition) is 5. The van der Waals surface area contributed by atoms with Crippen LogP contribution < -0.4 is 0 Å². The van der Waals surface area contributed by atoms with E-state index in [1.54, 1.807) is 12.2 Å². The molecule has 6 nitrogen and oxygen atoms in total. The molecule has 1 aliphatic heterocycles. The number of methoxy groups -OCH3 is 2. The first-order chi connectivity index (χ1) is 13.0.